The summed E-state index contributed by atoms with van der Waals surface area (Å²) in [5, 5.41) is 0. The minimum absolute atomic E-state index is 0.154. The Kier molecular flexibility index (Phi) is 13.1. The Morgan fingerprint density at radius 1 is 0.808 bits per heavy atom. The predicted molar refractivity (Wildman–Crippen MR) is 109 cm³/mol. The molecule has 1 fully saturated rings. The maximum Gasteiger partial charge on any atom is 0.305 e. The molecule has 0 aliphatic carbocycles. The molecule has 0 aromatic carbocycles. The molecule has 144 valence electrons. The second-order valence-electron chi connectivity index (χ2n) is 6.27. The van der Waals surface area contributed by atoms with Crippen molar-refractivity contribution in [1.29, 1.82) is 0 Å². The van der Waals surface area contributed by atoms with Crippen LogP contribution >= 0.6 is 0 Å². The Hall–Kier alpha value is -1.87. The lowest BCUT2D eigenvalue weighted by molar-refractivity contribution is -0.140. The zero-order valence-corrected chi connectivity index (χ0v) is 16.3. The Balaban J connectivity index is 1.91. The molecule has 1 aliphatic rings. The van der Waals surface area contributed by atoms with Gasteiger partial charge in [-0.1, -0.05) is 67.7 Å². The topological polar surface area (TPSA) is 38.8 Å². The summed E-state index contributed by atoms with van der Waals surface area (Å²) < 4.78 is 10.1. The van der Waals surface area contributed by atoms with E-state index in [2.05, 4.69) is 66.3 Å². The van der Waals surface area contributed by atoms with Crippen LogP contribution in [0.25, 0.3) is 0 Å². The zero-order valence-electron chi connectivity index (χ0n) is 16.3. The molecular weight excluding hydrogens is 324 g/mol. The third-order valence-corrected chi connectivity index (χ3v) is 4.12. The molecule has 0 aromatic rings. The first kappa shape index (κ1) is 22.2. The number of hydrogen-bond acceptors (Lipinski definition) is 3. The van der Waals surface area contributed by atoms with Crippen LogP contribution in [0, 0.1) is 0 Å². The smallest absolute Gasteiger partial charge is 0.305 e. The Morgan fingerprint density at radius 3 is 1.77 bits per heavy atom. The quantitative estimate of drug-likeness (QED) is 0.222. The summed E-state index contributed by atoms with van der Waals surface area (Å²) in [5.74, 6) is -0.154. The van der Waals surface area contributed by atoms with Gasteiger partial charge in [0, 0.05) is 6.42 Å². The molecule has 0 saturated carbocycles. The van der Waals surface area contributed by atoms with Gasteiger partial charge in [-0.25, -0.2) is 0 Å². The van der Waals surface area contributed by atoms with E-state index < -0.39 is 0 Å². The van der Waals surface area contributed by atoms with E-state index in [4.69, 9.17) is 4.74 Å². The van der Waals surface area contributed by atoms with Gasteiger partial charge in [-0.05, 0) is 44.9 Å². The first-order valence-corrected chi connectivity index (χ1v) is 9.75. The summed E-state index contributed by atoms with van der Waals surface area (Å²) in [6.07, 6.45) is 29.9. The van der Waals surface area contributed by atoms with E-state index in [1.54, 1.807) is 0 Å². The van der Waals surface area contributed by atoms with E-state index >= 15 is 0 Å². The summed E-state index contributed by atoms with van der Waals surface area (Å²) in [6, 6.07) is 0. The van der Waals surface area contributed by atoms with E-state index in [9.17, 15) is 4.79 Å². The number of epoxide rings is 1. The van der Waals surface area contributed by atoms with Crippen molar-refractivity contribution in [2.45, 2.75) is 70.5 Å². The predicted octanol–water partition coefficient (Wildman–Crippen LogP) is 5.85. The van der Waals surface area contributed by atoms with Crippen LogP contribution in [0.2, 0.25) is 0 Å². The fourth-order valence-electron chi connectivity index (χ4n) is 2.48. The number of allylic oxidation sites excluding steroid dienone is 9. The highest BCUT2D eigenvalue weighted by molar-refractivity contribution is 5.69. The first-order chi connectivity index (χ1) is 12.8. The minimum Gasteiger partial charge on any atom is -0.469 e. The molecule has 1 aliphatic heterocycles. The third kappa shape index (κ3) is 12.5. The molecule has 1 saturated heterocycles. The van der Waals surface area contributed by atoms with E-state index in [0.29, 0.717) is 18.6 Å². The SMILES string of the molecule is CCC1OC1CC=CCC=CCC=CCC=CCC=CCCC(=O)OC. The van der Waals surface area contributed by atoms with Crippen molar-refractivity contribution in [3.8, 4) is 0 Å². The standard InChI is InChI=1S/C23H34O3/c1-3-21-22(26-21)19-17-15-13-11-9-7-5-4-6-8-10-12-14-16-18-20-23(24)25-2/h4-5,8-11,14-17,21-22H,3,6-7,12-13,18-20H2,1-2H3. The van der Waals surface area contributed by atoms with Crippen LogP contribution < -0.4 is 0 Å². The third-order valence-electron chi connectivity index (χ3n) is 4.12. The van der Waals surface area contributed by atoms with Crippen LogP contribution in [0.15, 0.2) is 60.8 Å². The lowest BCUT2D eigenvalue weighted by Crippen LogP contribution is -1.97. The van der Waals surface area contributed by atoms with Crippen molar-refractivity contribution in [3.05, 3.63) is 60.8 Å². The normalized spacial score (nSPS) is 20.4. The van der Waals surface area contributed by atoms with Gasteiger partial charge in [0.25, 0.3) is 0 Å². The van der Waals surface area contributed by atoms with Gasteiger partial charge in [0.2, 0.25) is 0 Å². The van der Waals surface area contributed by atoms with Crippen LogP contribution in [-0.4, -0.2) is 25.3 Å². The average Bonchev–Trinajstić information content (AvgIpc) is 3.42. The van der Waals surface area contributed by atoms with Crippen molar-refractivity contribution < 1.29 is 14.3 Å². The van der Waals surface area contributed by atoms with Gasteiger partial charge in [-0.15, -0.1) is 0 Å². The fourth-order valence-corrected chi connectivity index (χ4v) is 2.48. The number of methoxy groups -OCH3 is 1. The summed E-state index contributed by atoms with van der Waals surface area (Å²) in [4.78, 5) is 10.9. The molecule has 0 N–H and O–H groups in total. The van der Waals surface area contributed by atoms with Gasteiger partial charge in [-0.3, -0.25) is 4.79 Å². The summed E-state index contributed by atoms with van der Waals surface area (Å²) >= 11 is 0. The van der Waals surface area contributed by atoms with E-state index in [1.807, 2.05) is 6.08 Å². The number of hydrogen-bond donors (Lipinski definition) is 0. The number of rotatable bonds is 14. The molecule has 0 amide bonds. The molecule has 0 aromatic heterocycles. The second-order valence-corrected chi connectivity index (χ2v) is 6.27. The highest BCUT2D eigenvalue weighted by Gasteiger charge is 2.35. The number of esters is 1. The van der Waals surface area contributed by atoms with Gasteiger partial charge in [0.15, 0.2) is 0 Å². The monoisotopic (exact) mass is 358 g/mol. The molecule has 0 radical (unpaired) electrons. The van der Waals surface area contributed by atoms with Crippen LogP contribution in [0.1, 0.15) is 58.3 Å². The van der Waals surface area contributed by atoms with Crippen molar-refractivity contribution in [3.63, 3.8) is 0 Å². The van der Waals surface area contributed by atoms with Crippen molar-refractivity contribution in [2.24, 2.45) is 0 Å². The molecule has 0 bridgehead atoms. The van der Waals surface area contributed by atoms with Crippen LogP contribution in [0.3, 0.4) is 0 Å². The molecular formula is C23H34O3. The molecule has 2 atom stereocenters. The minimum atomic E-state index is -0.154. The maximum absolute atomic E-state index is 10.9. The molecule has 26 heavy (non-hydrogen) atoms. The molecule has 1 heterocycles. The highest BCUT2D eigenvalue weighted by Crippen LogP contribution is 2.28. The molecule has 3 heteroatoms. The largest absolute Gasteiger partial charge is 0.469 e. The molecule has 1 rings (SSSR count). The Bertz CT molecular complexity index is 512. The van der Waals surface area contributed by atoms with E-state index in [0.717, 1.165) is 44.9 Å². The lowest BCUT2D eigenvalue weighted by atomic mass is 10.2. The zero-order chi connectivity index (χ0) is 18.9. The summed E-state index contributed by atoms with van der Waals surface area (Å²) in [7, 11) is 1.42. The summed E-state index contributed by atoms with van der Waals surface area (Å²) in [6.45, 7) is 2.17. The fraction of sp³-hybridized carbons (Fsp3) is 0.522. The van der Waals surface area contributed by atoms with Crippen molar-refractivity contribution in [1.82, 2.24) is 0 Å². The number of carbonyl (C=O) groups excluding carboxylic acids is 1. The molecule has 0 spiro atoms. The second kappa shape index (κ2) is 15.4. The van der Waals surface area contributed by atoms with Crippen LogP contribution in [0.4, 0.5) is 0 Å². The van der Waals surface area contributed by atoms with E-state index in [-0.39, 0.29) is 5.97 Å². The molecule has 3 nitrogen and oxygen atoms in total. The number of ether oxygens (including phenoxy) is 2. The first-order valence-electron chi connectivity index (χ1n) is 9.75. The Morgan fingerprint density at radius 2 is 1.31 bits per heavy atom. The lowest BCUT2D eigenvalue weighted by Gasteiger charge is -1.93. The maximum atomic E-state index is 10.9. The van der Waals surface area contributed by atoms with Gasteiger partial charge in [-0.2, -0.15) is 0 Å². The van der Waals surface area contributed by atoms with Crippen molar-refractivity contribution >= 4 is 5.97 Å². The van der Waals surface area contributed by atoms with Gasteiger partial charge < -0.3 is 9.47 Å². The Labute approximate surface area is 159 Å². The van der Waals surface area contributed by atoms with Gasteiger partial charge in [0.1, 0.15) is 0 Å². The highest BCUT2D eigenvalue weighted by atomic mass is 16.6. The van der Waals surface area contributed by atoms with Crippen LogP contribution in [0.5, 0.6) is 0 Å². The summed E-state index contributed by atoms with van der Waals surface area (Å²) in [5.41, 5.74) is 0. The average molecular weight is 359 g/mol. The van der Waals surface area contributed by atoms with Gasteiger partial charge in [0.05, 0.1) is 19.3 Å². The molecule has 2 unspecified atom stereocenters. The van der Waals surface area contributed by atoms with Gasteiger partial charge >= 0.3 is 5.97 Å². The number of carbonyl (C=O) groups is 1. The van der Waals surface area contributed by atoms with E-state index in [1.165, 1.54) is 7.11 Å². The van der Waals surface area contributed by atoms with Crippen molar-refractivity contribution in [2.75, 3.05) is 7.11 Å². The van der Waals surface area contributed by atoms with Crippen LogP contribution in [-0.2, 0) is 14.3 Å².